The maximum atomic E-state index is 4.46. The van der Waals surface area contributed by atoms with Gasteiger partial charge in [-0.3, -0.25) is 5.43 Å². The summed E-state index contributed by atoms with van der Waals surface area (Å²) in [6.07, 6.45) is 0. The minimum atomic E-state index is 0. The molecular weight excluding hydrogens is 316 g/mol. The van der Waals surface area contributed by atoms with Crippen LogP contribution in [0.5, 0.6) is 0 Å². The number of hydrogen-bond donors (Lipinski definition) is 1. The summed E-state index contributed by atoms with van der Waals surface area (Å²) in [5.74, 6) is 0. The van der Waals surface area contributed by atoms with Crippen molar-refractivity contribution < 1.29 is 0 Å². The lowest BCUT2D eigenvalue weighted by Crippen LogP contribution is -1.99. The summed E-state index contributed by atoms with van der Waals surface area (Å²) < 4.78 is 0. The Balaban J connectivity index is 0.00000208. The molecule has 0 radical (unpaired) electrons. The van der Waals surface area contributed by atoms with E-state index in [4.69, 9.17) is 0 Å². The number of hydrazone groups is 1. The number of rotatable bonds is 4. The quantitative estimate of drug-likeness (QED) is 0.464. The van der Waals surface area contributed by atoms with E-state index in [2.05, 4.69) is 78.1 Å². The molecule has 122 valence electrons. The first-order valence-corrected chi connectivity index (χ1v) is 7.75. The first-order valence-electron chi connectivity index (χ1n) is 7.75. The number of hydrogen-bond acceptors (Lipinski definition) is 2. The van der Waals surface area contributed by atoms with Crippen LogP contribution in [0.4, 0.5) is 5.69 Å². The highest BCUT2D eigenvalue weighted by Crippen LogP contribution is 2.19. The summed E-state index contributed by atoms with van der Waals surface area (Å²) in [7, 11) is 0. The molecule has 0 saturated heterocycles. The smallest absolute Gasteiger partial charge is 0.0648 e. The van der Waals surface area contributed by atoms with Crippen molar-refractivity contribution in [1.29, 1.82) is 0 Å². The van der Waals surface area contributed by atoms with Crippen LogP contribution in [0.1, 0.15) is 18.1 Å². The third-order valence-corrected chi connectivity index (χ3v) is 3.81. The Morgan fingerprint density at radius 3 is 1.96 bits per heavy atom. The predicted octanol–water partition coefficient (Wildman–Crippen LogP) is 5.92. The van der Waals surface area contributed by atoms with Gasteiger partial charge in [0.2, 0.25) is 0 Å². The Morgan fingerprint density at radius 2 is 1.33 bits per heavy atom. The molecule has 0 aromatic heterocycles. The van der Waals surface area contributed by atoms with E-state index in [0.29, 0.717) is 0 Å². The van der Waals surface area contributed by atoms with Crippen LogP contribution >= 0.6 is 12.4 Å². The van der Waals surface area contributed by atoms with Crippen molar-refractivity contribution in [2.75, 3.05) is 5.43 Å². The highest BCUT2D eigenvalue weighted by Gasteiger charge is 2.00. The van der Waals surface area contributed by atoms with E-state index >= 15 is 0 Å². The molecule has 0 aliphatic heterocycles. The third-order valence-electron chi connectivity index (χ3n) is 3.81. The molecular formula is C21H21ClN2. The van der Waals surface area contributed by atoms with Gasteiger partial charge in [0, 0.05) is 0 Å². The van der Waals surface area contributed by atoms with E-state index in [0.717, 1.165) is 17.0 Å². The minimum absolute atomic E-state index is 0. The Kier molecular flexibility index (Phi) is 6.16. The standard InChI is InChI=1S/C21H20N2.ClH/c1-16-8-14-21(15-9-16)23-22-17(2)18-10-12-20(13-11-18)19-6-4-3-5-7-19;/h3-15,23H,1-2H3;1H/b22-17+;. The van der Waals surface area contributed by atoms with Gasteiger partial charge in [-0.1, -0.05) is 72.3 Å². The van der Waals surface area contributed by atoms with Gasteiger partial charge < -0.3 is 0 Å². The molecule has 2 nitrogen and oxygen atoms in total. The highest BCUT2D eigenvalue weighted by atomic mass is 35.5. The van der Waals surface area contributed by atoms with Crippen molar-refractivity contribution in [2.24, 2.45) is 5.10 Å². The number of nitrogens with one attached hydrogen (secondary N) is 1. The van der Waals surface area contributed by atoms with E-state index in [1.807, 2.05) is 25.1 Å². The highest BCUT2D eigenvalue weighted by molar-refractivity contribution is 5.99. The average Bonchev–Trinajstić information content (AvgIpc) is 2.62. The Morgan fingerprint density at radius 1 is 0.750 bits per heavy atom. The van der Waals surface area contributed by atoms with Crippen molar-refractivity contribution in [3.05, 3.63) is 90.0 Å². The molecule has 1 N–H and O–H groups in total. The summed E-state index contributed by atoms with van der Waals surface area (Å²) in [4.78, 5) is 0. The van der Waals surface area contributed by atoms with E-state index in [1.54, 1.807) is 0 Å². The number of aryl methyl sites for hydroxylation is 1. The fourth-order valence-electron chi connectivity index (χ4n) is 2.38. The van der Waals surface area contributed by atoms with Gasteiger partial charge in [0.1, 0.15) is 0 Å². The lowest BCUT2D eigenvalue weighted by atomic mass is 10.0. The van der Waals surface area contributed by atoms with Crippen molar-refractivity contribution in [1.82, 2.24) is 0 Å². The normalized spacial score (nSPS) is 10.8. The van der Waals surface area contributed by atoms with Crippen LogP contribution in [-0.4, -0.2) is 5.71 Å². The second kappa shape index (κ2) is 8.32. The van der Waals surface area contributed by atoms with Crippen LogP contribution in [0.25, 0.3) is 11.1 Å². The summed E-state index contributed by atoms with van der Waals surface area (Å²) in [5, 5.41) is 4.46. The second-order valence-corrected chi connectivity index (χ2v) is 5.62. The summed E-state index contributed by atoms with van der Waals surface area (Å²) >= 11 is 0. The summed E-state index contributed by atoms with van der Waals surface area (Å²) in [6, 6.07) is 27.1. The molecule has 24 heavy (non-hydrogen) atoms. The van der Waals surface area contributed by atoms with E-state index in [-0.39, 0.29) is 12.4 Å². The fourth-order valence-corrected chi connectivity index (χ4v) is 2.38. The van der Waals surface area contributed by atoms with Gasteiger partial charge in [0.15, 0.2) is 0 Å². The Hall–Kier alpha value is -2.58. The SMILES string of the molecule is C/C(=N\Nc1ccc(C)cc1)c1ccc(-c2ccccc2)cc1.Cl. The zero-order valence-corrected chi connectivity index (χ0v) is 14.7. The van der Waals surface area contributed by atoms with Gasteiger partial charge in [-0.2, -0.15) is 5.10 Å². The first-order chi connectivity index (χ1) is 11.2. The van der Waals surface area contributed by atoms with Gasteiger partial charge in [0.05, 0.1) is 11.4 Å². The molecule has 0 amide bonds. The summed E-state index contributed by atoms with van der Waals surface area (Å²) in [5.41, 5.74) is 9.87. The molecule has 3 rings (SSSR count). The number of benzene rings is 3. The number of halogens is 1. The molecule has 0 spiro atoms. The second-order valence-electron chi connectivity index (χ2n) is 5.62. The van der Waals surface area contributed by atoms with Crippen molar-refractivity contribution in [2.45, 2.75) is 13.8 Å². The van der Waals surface area contributed by atoms with E-state index < -0.39 is 0 Å². The molecule has 0 aliphatic rings. The molecule has 0 saturated carbocycles. The maximum Gasteiger partial charge on any atom is 0.0648 e. The van der Waals surface area contributed by atoms with Crippen LogP contribution in [0.3, 0.4) is 0 Å². The van der Waals surface area contributed by atoms with Crippen molar-refractivity contribution >= 4 is 23.8 Å². The van der Waals surface area contributed by atoms with Gasteiger partial charge in [-0.05, 0) is 42.7 Å². The van der Waals surface area contributed by atoms with Crippen LogP contribution < -0.4 is 5.43 Å². The lowest BCUT2D eigenvalue weighted by molar-refractivity contribution is 1.31. The first kappa shape index (κ1) is 17.8. The van der Waals surface area contributed by atoms with Gasteiger partial charge in [-0.15, -0.1) is 12.4 Å². The molecule has 0 unspecified atom stereocenters. The number of anilines is 1. The van der Waals surface area contributed by atoms with Gasteiger partial charge in [-0.25, -0.2) is 0 Å². The third kappa shape index (κ3) is 4.46. The van der Waals surface area contributed by atoms with E-state index in [1.165, 1.54) is 16.7 Å². The Labute approximate surface area is 149 Å². The molecule has 3 heteroatoms. The molecule has 0 bridgehead atoms. The maximum absolute atomic E-state index is 4.46. The molecule has 0 fully saturated rings. The largest absolute Gasteiger partial charge is 0.278 e. The van der Waals surface area contributed by atoms with E-state index in [9.17, 15) is 0 Å². The lowest BCUT2D eigenvalue weighted by Gasteiger charge is -2.06. The predicted molar refractivity (Wildman–Crippen MR) is 106 cm³/mol. The minimum Gasteiger partial charge on any atom is -0.278 e. The fraction of sp³-hybridized carbons (Fsp3) is 0.0952. The average molecular weight is 337 g/mol. The topological polar surface area (TPSA) is 24.4 Å². The monoisotopic (exact) mass is 336 g/mol. The summed E-state index contributed by atoms with van der Waals surface area (Å²) in [6.45, 7) is 4.09. The van der Waals surface area contributed by atoms with Crippen LogP contribution in [-0.2, 0) is 0 Å². The molecule has 3 aromatic rings. The van der Waals surface area contributed by atoms with Crippen LogP contribution in [0.15, 0.2) is 84.0 Å². The molecule has 0 atom stereocenters. The van der Waals surface area contributed by atoms with Crippen molar-refractivity contribution in [3.8, 4) is 11.1 Å². The zero-order valence-electron chi connectivity index (χ0n) is 13.9. The van der Waals surface area contributed by atoms with Crippen molar-refractivity contribution in [3.63, 3.8) is 0 Å². The van der Waals surface area contributed by atoms with Gasteiger partial charge >= 0.3 is 0 Å². The number of nitrogens with zero attached hydrogens (tertiary/aromatic N) is 1. The molecule has 0 heterocycles. The molecule has 0 aliphatic carbocycles. The van der Waals surface area contributed by atoms with Crippen LogP contribution in [0, 0.1) is 6.92 Å². The zero-order chi connectivity index (χ0) is 16.1. The van der Waals surface area contributed by atoms with Gasteiger partial charge in [0.25, 0.3) is 0 Å². The van der Waals surface area contributed by atoms with Crippen LogP contribution in [0.2, 0.25) is 0 Å². The molecule has 3 aromatic carbocycles. The Bertz CT molecular complexity index is 792.